The Hall–Kier alpha value is -1.10. The van der Waals surface area contributed by atoms with E-state index in [1.807, 2.05) is 6.92 Å². The Kier molecular flexibility index (Phi) is 4.93. The van der Waals surface area contributed by atoms with Crippen molar-refractivity contribution in [3.63, 3.8) is 0 Å². The van der Waals surface area contributed by atoms with Crippen LogP contribution in [0, 0.1) is 0 Å². The van der Waals surface area contributed by atoms with Gasteiger partial charge in [-0.3, -0.25) is 14.5 Å². The van der Waals surface area contributed by atoms with Crippen LogP contribution in [0.3, 0.4) is 0 Å². The molecule has 5 heteroatoms. The van der Waals surface area contributed by atoms with E-state index in [-0.39, 0.29) is 5.91 Å². The minimum absolute atomic E-state index is 0.0869. The average molecular weight is 230 g/mol. The van der Waals surface area contributed by atoms with Gasteiger partial charge in [-0.15, -0.1) is 0 Å². The molecule has 1 atom stereocenters. The molecule has 0 aliphatic rings. The molecular formula is C11H22N2O3. The summed E-state index contributed by atoms with van der Waals surface area (Å²) in [6.45, 7) is 7.32. The predicted molar refractivity (Wildman–Crippen MR) is 62.3 cm³/mol. The fourth-order valence-electron chi connectivity index (χ4n) is 1.78. The van der Waals surface area contributed by atoms with Crippen LogP contribution in [0.4, 0.5) is 0 Å². The molecule has 0 aromatic carbocycles. The highest BCUT2D eigenvalue weighted by atomic mass is 16.4. The average Bonchev–Trinajstić information content (AvgIpc) is 2.16. The molecule has 0 fully saturated rings. The van der Waals surface area contributed by atoms with Crippen molar-refractivity contribution in [1.29, 1.82) is 0 Å². The van der Waals surface area contributed by atoms with Crippen molar-refractivity contribution >= 4 is 11.9 Å². The van der Waals surface area contributed by atoms with Crippen LogP contribution in [0.25, 0.3) is 0 Å². The lowest BCUT2D eigenvalue weighted by molar-refractivity contribution is -0.153. The minimum Gasteiger partial charge on any atom is -0.480 e. The summed E-state index contributed by atoms with van der Waals surface area (Å²) in [4.78, 5) is 26.1. The molecule has 16 heavy (non-hydrogen) atoms. The standard InChI is InChI=1S/C11H22N2O3/c1-7-13(11(3,4)10(15)16)8(2)9(14)12(5)6/h8H,7H2,1-6H3,(H,15,16). The molecule has 0 aromatic heterocycles. The zero-order chi connectivity index (χ0) is 13.1. The van der Waals surface area contributed by atoms with Gasteiger partial charge in [-0.2, -0.15) is 0 Å². The second-order valence-corrected chi connectivity index (χ2v) is 4.56. The van der Waals surface area contributed by atoms with Crippen molar-refractivity contribution in [2.24, 2.45) is 0 Å². The van der Waals surface area contributed by atoms with E-state index < -0.39 is 17.6 Å². The summed E-state index contributed by atoms with van der Waals surface area (Å²) in [5, 5.41) is 9.15. The highest BCUT2D eigenvalue weighted by Crippen LogP contribution is 2.18. The highest BCUT2D eigenvalue weighted by molar-refractivity contribution is 5.83. The number of aliphatic carboxylic acids is 1. The molecule has 94 valence electrons. The zero-order valence-corrected chi connectivity index (χ0v) is 10.9. The Balaban J connectivity index is 5.01. The van der Waals surface area contributed by atoms with Gasteiger partial charge in [-0.25, -0.2) is 0 Å². The van der Waals surface area contributed by atoms with Gasteiger partial charge in [0, 0.05) is 14.1 Å². The third kappa shape index (κ3) is 2.95. The minimum atomic E-state index is -1.04. The topological polar surface area (TPSA) is 60.9 Å². The van der Waals surface area contributed by atoms with Crippen molar-refractivity contribution in [2.75, 3.05) is 20.6 Å². The lowest BCUT2D eigenvalue weighted by Gasteiger charge is -2.38. The molecule has 0 heterocycles. The predicted octanol–water partition coefficient (Wildman–Crippen LogP) is 0.648. The molecule has 0 aliphatic carbocycles. The number of amides is 1. The number of hydrogen-bond donors (Lipinski definition) is 1. The summed E-state index contributed by atoms with van der Waals surface area (Å²) in [7, 11) is 3.33. The molecule has 0 bridgehead atoms. The first-order valence-corrected chi connectivity index (χ1v) is 5.37. The molecule has 0 saturated carbocycles. The molecule has 0 aliphatic heterocycles. The monoisotopic (exact) mass is 230 g/mol. The second kappa shape index (κ2) is 5.30. The molecule has 0 spiro atoms. The summed E-state index contributed by atoms with van der Waals surface area (Å²) < 4.78 is 0. The Morgan fingerprint density at radius 1 is 1.31 bits per heavy atom. The number of carboxylic acid groups (broad SMARTS) is 1. The Bertz CT molecular complexity index is 274. The Morgan fingerprint density at radius 3 is 2.00 bits per heavy atom. The molecule has 5 nitrogen and oxygen atoms in total. The van der Waals surface area contributed by atoms with Crippen LogP contribution in [0.15, 0.2) is 0 Å². The summed E-state index contributed by atoms with van der Waals surface area (Å²) in [6, 6.07) is -0.439. The molecule has 0 radical (unpaired) electrons. The molecule has 0 saturated heterocycles. The maximum atomic E-state index is 11.8. The summed E-state index contributed by atoms with van der Waals surface area (Å²) in [5.41, 5.74) is -1.04. The third-order valence-electron chi connectivity index (χ3n) is 2.85. The van der Waals surface area contributed by atoms with Crippen molar-refractivity contribution in [2.45, 2.75) is 39.3 Å². The Morgan fingerprint density at radius 2 is 1.75 bits per heavy atom. The van der Waals surface area contributed by atoms with Crippen molar-refractivity contribution in [3.05, 3.63) is 0 Å². The molecular weight excluding hydrogens is 208 g/mol. The van der Waals surface area contributed by atoms with Crippen molar-refractivity contribution < 1.29 is 14.7 Å². The van der Waals surface area contributed by atoms with Crippen LogP contribution in [-0.4, -0.2) is 59.0 Å². The first kappa shape index (κ1) is 14.9. The van der Waals surface area contributed by atoms with E-state index in [4.69, 9.17) is 5.11 Å². The fraction of sp³-hybridized carbons (Fsp3) is 0.818. The van der Waals surface area contributed by atoms with Crippen LogP contribution in [0.1, 0.15) is 27.7 Å². The van der Waals surface area contributed by atoms with Crippen LogP contribution < -0.4 is 0 Å². The fourth-order valence-corrected chi connectivity index (χ4v) is 1.78. The number of carbonyl (C=O) groups excluding carboxylic acids is 1. The van der Waals surface area contributed by atoms with Gasteiger partial charge in [0.2, 0.25) is 5.91 Å². The largest absolute Gasteiger partial charge is 0.480 e. The number of carbonyl (C=O) groups is 2. The van der Waals surface area contributed by atoms with Crippen LogP contribution >= 0.6 is 0 Å². The van der Waals surface area contributed by atoms with E-state index in [9.17, 15) is 9.59 Å². The number of rotatable bonds is 5. The van der Waals surface area contributed by atoms with E-state index in [1.54, 1.807) is 39.8 Å². The van der Waals surface area contributed by atoms with E-state index in [0.717, 1.165) is 0 Å². The van der Waals surface area contributed by atoms with Crippen molar-refractivity contribution in [3.8, 4) is 0 Å². The SMILES string of the molecule is CCN(C(C)C(=O)N(C)C)C(C)(C)C(=O)O. The summed E-state index contributed by atoms with van der Waals surface area (Å²) in [5.74, 6) is -1.01. The quantitative estimate of drug-likeness (QED) is 0.753. The van der Waals surface area contributed by atoms with Gasteiger partial charge < -0.3 is 10.0 Å². The van der Waals surface area contributed by atoms with Gasteiger partial charge >= 0.3 is 5.97 Å². The Labute approximate surface area is 97.0 Å². The number of carboxylic acids is 1. The highest BCUT2D eigenvalue weighted by Gasteiger charge is 2.38. The molecule has 1 unspecified atom stereocenters. The smallest absolute Gasteiger partial charge is 0.323 e. The lowest BCUT2D eigenvalue weighted by Crippen LogP contribution is -2.57. The first-order valence-electron chi connectivity index (χ1n) is 5.37. The number of hydrogen-bond acceptors (Lipinski definition) is 3. The first-order chi connectivity index (χ1) is 7.16. The lowest BCUT2D eigenvalue weighted by atomic mass is 10.0. The summed E-state index contributed by atoms with van der Waals surface area (Å²) >= 11 is 0. The number of likely N-dealkylation sites (N-methyl/N-ethyl adjacent to an activating group) is 2. The maximum absolute atomic E-state index is 11.8. The molecule has 1 N–H and O–H groups in total. The van der Waals surface area contributed by atoms with E-state index in [0.29, 0.717) is 6.54 Å². The van der Waals surface area contributed by atoms with Gasteiger partial charge in [0.25, 0.3) is 0 Å². The van der Waals surface area contributed by atoms with E-state index in [1.165, 1.54) is 4.90 Å². The van der Waals surface area contributed by atoms with Crippen LogP contribution in [-0.2, 0) is 9.59 Å². The van der Waals surface area contributed by atoms with Gasteiger partial charge in [0.1, 0.15) is 5.54 Å². The number of nitrogens with zero attached hydrogens (tertiary/aromatic N) is 2. The normalized spacial score (nSPS) is 13.7. The molecule has 0 aromatic rings. The third-order valence-corrected chi connectivity index (χ3v) is 2.85. The van der Waals surface area contributed by atoms with Gasteiger partial charge in [-0.1, -0.05) is 6.92 Å². The zero-order valence-electron chi connectivity index (χ0n) is 10.9. The van der Waals surface area contributed by atoms with Gasteiger partial charge in [0.05, 0.1) is 6.04 Å². The molecule has 1 amide bonds. The van der Waals surface area contributed by atoms with Gasteiger partial charge in [-0.05, 0) is 27.3 Å². The second-order valence-electron chi connectivity index (χ2n) is 4.56. The van der Waals surface area contributed by atoms with E-state index in [2.05, 4.69) is 0 Å². The van der Waals surface area contributed by atoms with Crippen LogP contribution in [0.2, 0.25) is 0 Å². The van der Waals surface area contributed by atoms with Gasteiger partial charge in [0.15, 0.2) is 0 Å². The van der Waals surface area contributed by atoms with Crippen molar-refractivity contribution in [1.82, 2.24) is 9.80 Å². The maximum Gasteiger partial charge on any atom is 0.323 e. The summed E-state index contributed by atoms with van der Waals surface area (Å²) in [6.07, 6.45) is 0. The molecule has 0 rings (SSSR count). The van der Waals surface area contributed by atoms with E-state index >= 15 is 0 Å². The van der Waals surface area contributed by atoms with Crippen LogP contribution in [0.5, 0.6) is 0 Å².